The maximum absolute atomic E-state index is 12.4. The maximum atomic E-state index is 12.4. The molecule has 0 radical (unpaired) electrons. The van der Waals surface area contributed by atoms with Gasteiger partial charge in [-0.2, -0.15) is 5.26 Å². The van der Waals surface area contributed by atoms with Crippen molar-refractivity contribution in [2.24, 2.45) is 5.11 Å². The topological polar surface area (TPSA) is 139 Å². The Bertz CT molecular complexity index is 794. The molecule has 0 saturated carbocycles. The molecule has 0 aliphatic carbocycles. The predicted octanol–water partition coefficient (Wildman–Crippen LogP) is 2.63. The number of carboxylic acids is 1. The SMILES string of the molecule is C=CCOC(=O)N1C[C@H](N=[N+]=[N-])C[C@@]1(Cc1ccc(C#N)cc1)C(=O)O. The summed E-state index contributed by atoms with van der Waals surface area (Å²) in [6.07, 6.45) is 0.531. The number of likely N-dealkylation sites (tertiary alicyclic amines) is 1. The van der Waals surface area contributed by atoms with Crippen molar-refractivity contribution in [1.82, 2.24) is 4.90 Å². The van der Waals surface area contributed by atoms with Crippen molar-refractivity contribution in [3.63, 3.8) is 0 Å². The molecule has 0 aromatic heterocycles. The second-order valence-corrected chi connectivity index (χ2v) is 5.86. The highest BCUT2D eigenvalue weighted by Crippen LogP contribution is 2.35. The van der Waals surface area contributed by atoms with Crippen LogP contribution in [0.1, 0.15) is 17.5 Å². The van der Waals surface area contributed by atoms with E-state index in [0.717, 1.165) is 4.90 Å². The molecule has 134 valence electrons. The van der Waals surface area contributed by atoms with E-state index in [0.29, 0.717) is 11.1 Å². The van der Waals surface area contributed by atoms with Gasteiger partial charge in [0.15, 0.2) is 0 Å². The summed E-state index contributed by atoms with van der Waals surface area (Å²) >= 11 is 0. The molecule has 9 heteroatoms. The lowest BCUT2D eigenvalue weighted by molar-refractivity contribution is -0.148. The Labute approximate surface area is 149 Å². The summed E-state index contributed by atoms with van der Waals surface area (Å²) in [6, 6.07) is 7.74. The first kappa shape index (κ1) is 18.8. The van der Waals surface area contributed by atoms with Gasteiger partial charge in [0.25, 0.3) is 0 Å². The molecule has 1 heterocycles. The van der Waals surface area contributed by atoms with Gasteiger partial charge in [-0.3, -0.25) is 4.90 Å². The van der Waals surface area contributed by atoms with Crippen LogP contribution < -0.4 is 0 Å². The average molecular weight is 355 g/mol. The van der Waals surface area contributed by atoms with Crippen molar-refractivity contribution in [2.75, 3.05) is 13.2 Å². The normalized spacial score (nSPS) is 21.3. The minimum atomic E-state index is -1.61. The summed E-state index contributed by atoms with van der Waals surface area (Å²) in [4.78, 5) is 28.3. The summed E-state index contributed by atoms with van der Waals surface area (Å²) in [6.45, 7) is 3.34. The third-order valence-corrected chi connectivity index (χ3v) is 4.22. The lowest BCUT2D eigenvalue weighted by atomic mass is 9.87. The Balaban J connectivity index is 2.39. The van der Waals surface area contributed by atoms with Crippen LogP contribution in [-0.2, 0) is 16.0 Å². The molecule has 1 aromatic carbocycles. The highest BCUT2D eigenvalue weighted by molar-refractivity contribution is 5.86. The number of nitrogens with zero attached hydrogens (tertiary/aromatic N) is 5. The number of rotatable bonds is 6. The molecular weight excluding hydrogens is 338 g/mol. The highest BCUT2D eigenvalue weighted by atomic mass is 16.6. The number of carboxylic acid groups (broad SMARTS) is 1. The van der Waals surface area contributed by atoms with Crippen molar-refractivity contribution < 1.29 is 19.4 Å². The minimum Gasteiger partial charge on any atom is -0.479 e. The lowest BCUT2D eigenvalue weighted by Crippen LogP contribution is -2.54. The van der Waals surface area contributed by atoms with E-state index >= 15 is 0 Å². The Morgan fingerprint density at radius 1 is 1.54 bits per heavy atom. The molecule has 0 spiro atoms. The molecule has 1 aliphatic heterocycles. The molecule has 1 aliphatic rings. The zero-order valence-corrected chi connectivity index (χ0v) is 13.9. The Kier molecular flexibility index (Phi) is 5.83. The minimum absolute atomic E-state index is 0.00528. The van der Waals surface area contributed by atoms with Crippen molar-refractivity contribution in [2.45, 2.75) is 24.4 Å². The fraction of sp³-hybridized carbons (Fsp3) is 0.353. The van der Waals surface area contributed by atoms with Crippen LogP contribution in [-0.4, -0.2) is 46.8 Å². The molecular formula is C17H17N5O4. The maximum Gasteiger partial charge on any atom is 0.411 e. The van der Waals surface area contributed by atoms with E-state index in [9.17, 15) is 14.7 Å². The number of ether oxygens (including phenoxy) is 1. The van der Waals surface area contributed by atoms with Gasteiger partial charge >= 0.3 is 12.1 Å². The molecule has 1 amide bonds. The number of benzene rings is 1. The molecule has 1 aromatic rings. The number of carbonyl (C=O) groups is 2. The first-order valence-electron chi connectivity index (χ1n) is 7.78. The number of amides is 1. The summed E-state index contributed by atoms with van der Waals surface area (Å²) < 4.78 is 5.01. The van der Waals surface area contributed by atoms with Crippen molar-refractivity contribution in [1.29, 1.82) is 5.26 Å². The monoisotopic (exact) mass is 355 g/mol. The largest absolute Gasteiger partial charge is 0.479 e. The third kappa shape index (κ3) is 3.77. The Hall–Kier alpha value is -3.50. The number of hydrogen-bond donors (Lipinski definition) is 1. The summed E-state index contributed by atoms with van der Waals surface area (Å²) in [5, 5.41) is 22.4. The van der Waals surface area contributed by atoms with Gasteiger partial charge < -0.3 is 9.84 Å². The van der Waals surface area contributed by atoms with E-state index < -0.39 is 23.6 Å². The average Bonchev–Trinajstić information content (AvgIpc) is 3.00. The molecule has 2 rings (SSSR count). The fourth-order valence-electron chi connectivity index (χ4n) is 3.04. The van der Waals surface area contributed by atoms with Gasteiger partial charge in [-0.1, -0.05) is 29.9 Å². The number of aliphatic carboxylic acids is 1. The van der Waals surface area contributed by atoms with Crippen molar-refractivity contribution in [3.8, 4) is 6.07 Å². The van der Waals surface area contributed by atoms with Crippen LogP contribution in [0.4, 0.5) is 4.79 Å². The lowest BCUT2D eigenvalue weighted by Gasteiger charge is -2.34. The zero-order valence-electron chi connectivity index (χ0n) is 13.9. The van der Waals surface area contributed by atoms with E-state index in [4.69, 9.17) is 15.5 Å². The van der Waals surface area contributed by atoms with Crippen molar-refractivity contribution in [3.05, 3.63) is 58.5 Å². The van der Waals surface area contributed by atoms with Gasteiger partial charge in [-0.25, -0.2) is 9.59 Å². The van der Waals surface area contributed by atoms with Gasteiger partial charge in [-0.15, -0.1) is 0 Å². The molecule has 1 saturated heterocycles. The smallest absolute Gasteiger partial charge is 0.411 e. The Morgan fingerprint density at radius 3 is 2.77 bits per heavy atom. The quantitative estimate of drug-likeness (QED) is 0.361. The van der Waals surface area contributed by atoms with Crippen molar-refractivity contribution >= 4 is 12.1 Å². The third-order valence-electron chi connectivity index (χ3n) is 4.22. The zero-order chi connectivity index (χ0) is 19.2. The fourth-order valence-corrected chi connectivity index (χ4v) is 3.04. The van der Waals surface area contributed by atoms with Crippen LogP contribution in [0.25, 0.3) is 10.4 Å². The molecule has 1 fully saturated rings. The van der Waals surface area contributed by atoms with Gasteiger partial charge in [0.05, 0.1) is 17.7 Å². The summed E-state index contributed by atoms with van der Waals surface area (Å²) in [5.74, 6) is -1.21. The van der Waals surface area contributed by atoms with Gasteiger partial charge in [0, 0.05) is 17.9 Å². The highest BCUT2D eigenvalue weighted by Gasteiger charge is 2.54. The van der Waals surface area contributed by atoms with Gasteiger partial charge in [-0.05, 0) is 29.6 Å². The second kappa shape index (κ2) is 8.05. The molecule has 1 N–H and O–H groups in total. The number of hydrogen-bond acceptors (Lipinski definition) is 5. The van der Waals surface area contributed by atoms with Gasteiger partial charge in [0.2, 0.25) is 0 Å². The van der Waals surface area contributed by atoms with E-state index in [1.165, 1.54) is 6.08 Å². The predicted molar refractivity (Wildman–Crippen MR) is 91.0 cm³/mol. The standard InChI is InChI=1S/C17H17N5O4/c1-2-7-26-16(25)22-11-14(20-21-19)9-17(22,15(23)24)8-12-3-5-13(10-18)6-4-12/h2-6,14H,1,7-9,11H2,(H,23,24)/t14-,17+/m1/s1. The second-order valence-electron chi connectivity index (χ2n) is 5.86. The van der Waals surface area contributed by atoms with E-state index in [1.807, 2.05) is 6.07 Å². The van der Waals surface area contributed by atoms with Crippen LogP contribution in [0.5, 0.6) is 0 Å². The summed E-state index contributed by atoms with van der Waals surface area (Å²) in [5.41, 5.74) is 8.15. The van der Waals surface area contributed by atoms with E-state index in [2.05, 4.69) is 16.6 Å². The number of nitriles is 1. The Morgan fingerprint density at radius 2 is 2.23 bits per heavy atom. The molecule has 0 bridgehead atoms. The number of carbonyl (C=O) groups excluding carboxylic acids is 1. The van der Waals surface area contributed by atoms with Crippen LogP contribution >= 0.6 is 0 Å². The molecule has 9 nitrogen and oxygen atoms in total. The van der Waals surface area contributed by atoms with Crippen LogP contribution in [0.2, 0.25) is 0 Å². The van der Waals surface area contributed by atoms with Crippen LogP contribution in [0, 0.1) is 11.3 Å². The van der Waals surface area contributed by atoms with E-state index in [1.54, 1.807) is 24.3 Å². The van der Waals surface area contributed by atoms with E-state index in [-0.39, 0.29) is 26.0 Å². The van der Waals surface area contributed by atoms with Crippen LogP contribution in [0.15, 0.2) is 42.0 Å². The van der Waals surface area contributed by atoms with Gasteiger partial charge in [0.1, 0.15) is 12.1 Å². The molecule has 0 unspecified atom stereocenters. The van der Waals surface area contributed by atoms with Crippen LogP contribution in [0.3, 0.4) is 0 Å². The number of azide groups is 1. The summed E-state index contributed by atoms with van der Waals surface area (Å²) in [7, 11) is 0. The molecule has 26 heavy (non-hydrogen) atoms. The molecule has 2 atom stereocenters. The first-order valence-corrected chi connectivity index (χ1v) is 7.78. The first-order chi connectivity index (χ1) is 12.5.